The zero-order chi connectivity index (χ0) is 30.3. The number of hydrogen-bond donors (Lipinski definition) is 1. The van der Waals surface area contributed by atoms with Crippen LogP contribution in [0.1, 0.15) is 24.0 Å². The molecule has 1 atom stereocenters. The molecule has 1 fully saturated rings. The molecule has 0 aliphatic heterocycles. The summed E-state index contributed by atoms with van der Waals surface area (Å²) in [6, 6.07) is 15.4. The van der Waals surface area contributed by atoms with E-state index in [-0.39, 0.29) is 27.8 Å². The maximum Gasteiger partial charge on any atom is 0.457 e. The Hall–Kier alpha value is -3.47. The number of hydrogen-bond acceptors (Lipinski definition) is 5. The minimum absolute atomic E-state index is 0.147. The molecule has 1 aliphatic rings. The van der Waals surface area contributed by atoms with E-state index in [1.54, 1.807) is 12.0 Å². The van der Waals surface area contributed by atoms with E-state index in [1.165, 1.54) is 30.3 Å². The molecule has 3 aromatic rings. The molecule has 0 saturated heterocycles. The number of sulfone groups is 1. The largest absolute Gasteiger partial charge is 0.457 e. The molecule has 0 spiro atoms. The first-order valence-corrected chi connectivity index (χ1v) is 15.5. The summed E-state index contributed by atoms with van der Waals surface area (Å²) < 4.78 is 123. The molecular formula is C28H24F5NO5S2. The van der Waals surface area contributed by atoms with Gasteiger partial charge < -0.3 is 5.11 Å². The molecule has 1 N–H and O–H groups in total. The van der Waals surface area contributed by atoms with Crippen molar-refractivity contribution in [3.8, 4) is 11.8 Å². The van der Waals surface area contributed by atoms with Gasteiger partial charge in [-0.1, -0.05) is 48.2 Å². The molecule has 4 rings (SSSR count). The number of sulfonamides is 1. The van der Waals surface area contributed by atoms with E-state index in [0.29, 0.717) is 12.8 Å². The van der Waals surface area contributed by atoms with Gasteiger partial charge in [0.1, 0.15) is 0 Å². The van der Waals surface area contributed by atoms with Crippen LogP contribution in [0.2, 0.25) is 0 Å². The van der Waals surface area contributed by atoms with Gasteiger partial charge in [0.15, 0.2) is 9.84 Å². The van der Waals surface area contributed by atoms with Gasteiger partial charge in [0, 0.05) is 23.9 Å². The summed E-state index contributed by atoms with van der Waals surface area (Å²) in [7, 11) is -8.10. The van der Waals surface area contributed by atoms with Crippen molar-refractivity contribution in [1.29, 1.82) is 0 Å². The van der Waals surface area contributed by atoms with Crippen LogP contribution in [0.4, 0.5) is 27.6 Å². The molecule has 0 heterocycles. The molecule has 218 valence electrons. The van der Waals surface area contributed by atoms with Crippen molar-refractivity contribution in [1.82, 2.24) is 0 Å². The molecule has 3 aromatic carbocycles. The molecule has 0 aromatic heterocycles. The predicted molar refractivity (Wildman–Crippen MR) is 141 cm³/mol. The Morgan fingerprint density at radius 2 is 1.39 bits per heavy atom. The van der Waals surface area contributed by atoms with Crippen LogP contribution >= 0.6 is 0 Å². The average molecular weight is 614 g/mol. The summed E-state index contributed by atoms with van der Waals surface area (Å²) in [5.41, 5.74) is -6.07. The quantitative estimate of drug-likeness (QED) is 0.281. The molecule has 1 unspecified atom stereocenters. The van der Waals surface area contributed by atoms with E-state index in [0.717, 1.165) is 53.0 Å². The van der Waals surface area contributed by atoms with Crippen LogP contribution in [0.5, 0.6) is 0 Å². The Morgan fingerprint density at radius 1 is 0.829 bits per heavy atom. The van der Waals surface area contributed by atoms with Crippen LogP contribution in [-0.4, -0.2) is 46.8 Å². The van der Waals surface area contributed by atoms with Crippen molar-refractivity contribution in [3.05, 3.63) is 90.0 Å². The van der Waals surface area contributed by atoms with Crippen LogP contribution in [0.3, 0.4) is 0 Å². The Labute approximate surface area is 234 Å². The van der Waals surface area contributed by atoms with Gasteiger partial charge in [-0.25, -0.2) is 16.8 Å². The van der Waals surface area contributed by atoms with Crippen molar-refractivity contribution in [2.24, 2.45) is 5.92 Å². The van der Waals surface area contributed by atoms with Gasteiger partial charge in [-0.2, -0.15) is 22.0 Å². The van der Waals surface area contributed by atoms with Crippen molar-refractivity contribution >= 4 is 25.5 Å². The van der Waals surface area contributed by atoms with Crippen molar-refractivity contribution in [2.45, 2.75) is 40.3 Å². The maximum atomic E-state index is 15.2. The zero-order valence-corrected chi connectivity index (χ0v) is 23.1. The number of alkyl halides is 5. The van der Waals surface area contributed by atoms with Gasteiger partial charge in [-0.15, -0.1) is 0 Å². The Kier molecular flexibility index (Phi) is 7.99. The second-order valence-corrected chi connectivity index (χ2v) is 13.5. The minimum Gasteiger partial charge on any atom is -0.368 e. The highest BCUT2D eigenvalue weighted by molar-refractivity contribution is 7.92. The van der Waals surface area contributed by atoms with Crippen LogP contribution < -0.4 is 4.31 Å². The van der Waals surface area contributed by atoms with E-state index >= 15 is 8.78 Å². The van der Waals surface area contributed by atoms with E-state index < -0.39 is 48.8 Å². The van der Waals surface area contributed by atoms with Gasteiger partial charge in [0.05, 0.1) is 15.5 Å². The van der Waals surface area contributed by atoms with Crippen LogP contribution in [0.15, 0.2) is 88.7 Å². The summed E-state index contributed by atoms with van der Waals surface area (Å²) in [5.74, 6) is -2.29. The third-order valence-electron chi connectivity index (χ3n) is 6.50. The minimum atomic E-state index is -6.29. The van der Waals surface area contributed by atoms with E-state index in [1.807, 2.05) is 0 Å². The number of nitrogens with zero attached hydrogens (tertiary/aromatic N) is 1. The first-order chi connectivity index (χ1) is 19.0. The molecule has 0 bridgehead atoms. The van der Waals surface area contributed by atoms with Crippen molar-refractivity contribution < 1.29 is 43.9 Å². The maximum absolute atomic E-state index is 15.2. The fourth-order valence-electron chi connectivity index (χ4n) is 4.05. The van der Waals surface area contributed by atoms with Crippen LogP contribution in [-0.2, 0) is 25.5 Å². The first kappa shape index (κ1) is 30.5. The summed E-state index contributed by atoms with van der Waals surface area (Å²) in [4.78, 5) is -0.371. The second kappa shape index (κ2) is 10.7. The van der Waals surface area contributed by atoms with Gasteiger partial charge >= 0.3 is 12.1 Å². The molecule has 6 nitrogen and oxygen atoms in total. The van der Waals surface area contributed by atoms with Crippen molar-refractivity contribution in [3.63, 3.8) is 0 Å². The van der Waals surface area contributed by atoms with E-state index in [9.17, 15) is 35.1 Å². The lowest BCUT2D eigenvalue weighted by Crippen LogP contribution is -2.55. The molecule has 1 saturated carbocycles. The number of aliphatic hydroxyl groups is 1. The van der Waals surface area contributed by atoms with Crippen LogP contribution in [0, 0.1) is 17.8 Å². The van der Waals surface area contributed by atoms with Crippen LogP contribution in [0.25, 0.3) is 0 Å². The van der Waals surface area contributed by atoms with Gasteiger partial charge in [0.25, 0.3) is 10.0 Å². The van der Waals surface area contributed by atoms with Gasteiger partial charge in [-0.3, -0.25) is 4.31 Å². The summed E-state index contributed by atoms with van der Waals surface area (Å²) in [5, 5.41) is 11.2. The molecule has 41 heavy (non-hydrogen) atoms. The average Bonchev–Trinajstić information content (AvgIpc) is 3.74. The lowest BCUT2D eigenvalue weighted by atomic mass is 9.85. The Morgan fingerprint density at radius 3 is 1.93 bits per heavy atom. The standard InChI is InChI=1S/C28H24F5NO5S2/c1-40(36,37)22-15-13-20(14-16-22)17-18-26(35,27(29,30)28(31,32)33)24-9-5-6-10-25(24)34(19-21-11-12-21)41(38,39)23-7-3-2-4-8-23/h2-10,13-16,21,35H,11-12,19H2,1H3. The first-order valence-electron chi connectivity index (χ1n) is 12.2. The number of rotatable bonds is 8. The molecular weight excluding hydrogens is 589 g/mol. The van der Waals surface area contributed by atoms with Gasteiger partial charge in [0.2, 0.25) is 5.60 Å². The molecule has 1 aliphatic carbocycles. The fraction of sp³-hybridized carbons (Fsp3) is 0.286. The lowest BCUT2D eigenvalue weighted by molar-refractivity contribution is -0.332. The summed E-state index contributed by atoms with van der Waals surface area (Å²) in [6.07, 6.45) is -4.13. The third kappa shape index (κ3) is 6.10. The molecule has 13 heteroatoms. The summed E-state index contributed by atoms with van der Waals surface area (Å²) in [6.45, 7) is -0.220. The highest BCUT2D eigenvalue weighted by Crippen LogP contribution is 2.51. The number of halogens is 5. The SMILES string of the molecule is CS(=O)(=O)c1ccc(C#CC(O)(c2ccccc2N(CC2CC2)S(=O)(=O)c2ccccc2)C(F)(F)C(F)(F)F)cc1. The molecule has 0 radical (unpaired) electrons. The fourth-order valence-corrected chi connectivity index (χ4v) is 6.26. The smallest absolute Gasteiger partial charge is 0.368 e. The van der Waals surface area contributed by atoms with E-state index in [2.05, 4.69) is 5.92 Å². The highest BCUT2D eigenvalue weighted by atomic mass is 32.2. The number of benzene rings is 3. The van der Waals surface area contributed by atoms with Gasteiger partial charge in [-0.05, 0) is 61.2 Å². The van der Waals surface area contributed by atoms with E-state index in [4.69, 9.17) is 0 Å². The Balaban J connectivity index is 1.93. The Bertz CT molecular complexity index is 1690. The summed E-state index contributed by atoms with van der Waals surface area (Å²) >= 11 is 0. The topological polar surface area (TPSA) is 91.8 Å². The third-order valence-corrected chi connectivity index (χ3v) is 9.42. The second-order valence-electron chi connectivity index (χ2n) is 9.64. The number of para-hydroxylation sites is 1. The normalized spacial score (nSPS) is 15.9. The van der Waals surface area contributed by atoms with Crippen molar-refractivity contribution in [2.75, 3.05) is 17.1 Å². The highest BCUT2D eigenvalue weighted by Gasteiger charge is 2.71. The predicted octanol–water partition coefficient (Wildman–Crippen LogP) is 5.13. The zero-order valence-electron chi connectivity index (χ0n) is 21.4. The number of anilines is 1. The molecule has 0 amide bonds. The lowest BCUT2D eigenvalue weighted by Gasteiger charge is -2.36. The monoisotopic (exact) mass is 613 g/mol.